The molecule has 3 aromatic carbocycles. The Bertz CT molecular complexity index is 1550. The number of benzene rings is 3. The van der Waals surface area contributed by atoms with E-state index >= 15 is 0 Å². The molecule has 3 aromatic rings. The number of carbonyl (C=O) groups excluding carboxylic acids is 2. The van der Waals surface area contributed by atoms with Crippen LogP contribution in [0.25, 0.3) is 0 Å². The number of ether oxygens (including phenoxy) is 1. The predicted molar refractivity (Wildman–Crippen MR) is 167 cm³/mol. The summed E-state index contributed by atoms with van der Waals surface area (Å²) in [4.78, 5) is 33.6. The molecule has 0 bridgehead atoms. The molecule has 0 unspecified atom stereocenters. The Hall–Kier alpha value is -3.87. The molecule has 2 atom stereocenters. The molecule has 2 heterocycles. The van der Waals surface area contributed by atoms with Gasteiger partial charge in [0.25, 0.3) is 5.91 Å². The van der Waals surface area contributed by atoms with Crippen molar-refractivity contribution in [1.29, 1.82) is 0 Å². The topological polar surface area (TPSA) is 68.4 Å². The van der Waals surface area contributed by atoms with E-state index in [1.807, 2.05) is 11.8 Å². The Kier molecular flexibility index (Phi) is 10.7. The number of halogens is 5. The van der Waals surface area contributed by atoms with Crippen molar-refractivity contribution in [3.05, 3.63) is 94.0 Å². The Morgan fingerprint density at radius 1 is 0.870 bits per heavy atom. The molecule has 2 aliphatic rings. The van der Waals surface area contributed by atoms with Crippen LogP contribution in [-0.2, 0) is 17.9 Å². The van der Waals surface area contributed by atoms with E-state index in [9.17, 15) is 27.2 Å². The van der Waals surface area contributed by atoms with Crippen LogP contribution in [0.5, 0.6) is 5.75 Å². The molecule has 3 amide bonds. The monoisotopic (exact) mass is 661 g/mol. The standard InChI is InChI=1S/C33H36ClF4N5O3/c1-21-17-43(22(2)16-42(21)18-23-3-6-26(35)7-4-23)30(44)20-46-29-10-5-25(34)15-24(29)19-40-11-13-41(14-12-40)33(45)39-28-9-8-27(36)31(37)32(28)38/h3-10,15,21-22H,11-14,16-20H2,1-2H3,(H,39,45)/t21-,22+/m1/s1. The number of nitrogens with zero attached hydrogens (tertiary/aromatic N) is 4. The maximum absolute atomic E-state index is 14.0. The Morgan fingerprint density at radius 3 is 2.30 bits per heavy atom. The minimum absolute atomic E-state index is 0.0375. The first-order valence-corrected chi connectivity index (χ1v) is 15.5. The van der Waals surface area contributed by atoms with E-state index in [1.54, 1.807) is 30.3 Å². The molecule has 0 aliphatic carbocycles. The van der Waals surface area contributed by atoms with Crippen LogP contribution in [0.15, 0.2) is 54.6 Å². The zero-order chi connectivity index (χ0) is 33.0. The summed E-state index contributed by atoms with van der Waals surface area (Å²) in [6, 6.07) is 12.9. The van der Waals surface area contributed by atoms with E-state index in [-0.39, 0.29) is 30.4 Å². The smallest absolute Gasteiger partial charge is 0.322 e. The summed E-state index contributed by atoms with van der Waals surface area (Å²) in [6.45, 7) is 7.86. The van der Waals surface area contributed by atoms with Gasteiger partial charge in [0, 0.05) is 75.0 Å². The summed E-state index contributed by atoms with van der Waals surface area (Å²) in [6.07, 6.45) is 0. The normalized spacial score (nSPS) is 19.3. The average molecular weight is 662 g/mol. The average Bonchev–Trinajstić information content (AvgIpc) is 3.03. The summed E-state index contributed by atoms with van der Waals surface area (Å²) in [5.74, 6) is -4.29. The number of amides is 3. The highest BCUT2D eigenvalue weighted by atomic mass is 35.5. The van der Waals surface area contributed by atoms with E-state index in [4.69, 9.17) is 16.3 Å². The third-order valence-electron chi connectivity index (χ3n) is 8.44. The molecule has 1 N–H and O–H groups in total. The van der Waals surface area contributed by atoms with Crippen LogP contribution in [0, 0.1) is 23.3 Å². The number of piperazine rings is 2. The second-order valence-corrected chi connectivity index (χ2v) is 12.2. The van der Waals surface area contributed by atoms with Crippen molar-refractivity contribution in [3.8, 4) is 5.75 Å². The summed E-state index contributed by atoms with van der Waals surface area (Å²) in [5, 5.41) is 2.82. The van der Waals surface area contributed by atoms with Gasteiger partial charge < -0.3 is 19.9 Å². The zero-order valence-corrected chi connectivity index (χ0v) is 26.4. The van der Waals surface area contributed by atoms with Crippen molar-refractivity contribution in [2.75, 3.05) is 51.2 Å². The van der Waals surface area contributed by atoms with Crippen LogP contribution < -0.4 is 10.1 Å². The van der Waals surface area contributed by atoms with E-state index in [0.29, 0.717) is 63.1 Å². The van der Waals surface area contributed by atoms with E-state index in [1.165, 1.54) is 17.0 Å². The Balaban J connectivity index is 1.12. The highest BCUT2D eigenvalue weighted by Gasteiger charge is 2.32. The number of hydrogen-bond acceptors (Lipinski definition) is 5. The van der Waals surface area contributed by atoms with Crippen LogP contribution in [0.3, 0.4) is 0 Å². The molecule has 2 saturated heterocycles. The summed E-state index contributed by atoms with van der Waals surface area (Å²) >= 11 is 6.29. The van der Waals surface area contributed by atoms with Crippen LogP contribution in [0.4, 0.5) is 28.0 Å². The van der Waals surface area contributed by atoms with Gasteiger partial charge in [0.15, 0.2) is 24.1 Å². The predicted octanol–water partition coefficient (Wildman–Crippen LogP) is 5.75. The molecule has 46 heavy (non-hydrogen) atoms. The number of rotatable bonds is 8. The number of urea groups is 1. The van der Waals surface area contributed by atoms with Gasteiger partial charge in [0.1, 0.15) is 11.6 Å². The first kappa shape index (κ1) is 33.5. The van der Waals surface area contributed by atoms with Crippen LogP contribution >= 0.6 is 11.6 Å². The molecule has 246 valence electrons. The highest BCUT2D eigenvalue weighted by Crippen LogP contribution is 2.26. The third-order valence-corrected chi connectivity index (χ3v) is 8.67. The molecule has 0 saturated carbocycles. The lowest BCUT2D eigenvalue weighted by molar-refractivity contribution is -0.139. The fourth-order valence-electron chi connectivity index (χ4n) is 5.79. The van der Waals surface area contributed by atoms with Crippen molar-refractivity contribution >= 4 is 29.2 Å². The number of carbonyl (C=O) groups is 2. The SMILES string of the molecule is C[C@@H]1CN(C(=O)COc2ccc(Cl)cc2CN2CCN(C(=O)Nc3ccc(F)c(F)c3F)CC2)[C@@H](C)CN1Cc1ccc(F)cc1. The van der Waals surface area contributed by atoms with Gasteiger partial charge in [-0.05, 0) is 61.9 Å². The molecule has 13 heteroatoms. The van der Waals surface area contributed by atoms with Crippen molar-refractivity contribution < 1.29 is 31.9 Å². The lowest BCUT2D eigenvalue weighted by Crippen LogP contribution is -2.58. The third kappa shape index (κ3) is 8.09. The molecule has 0 aromatic heterocycles. The number of anilines is 1. The summed E-state index contributed by atoms with van der Waals surface area (Å²) in [5.41, 5.74) is 1.37. The largest absolute Gasteiger partial charge is 0.483 e. The molecule has 0 spiro atoms. The van der Waals surface area contributed by atoms with Gasteiger partial charge >= 0.3 is 6.03 Å². The molecule has 2 aliphatic heterocycles. The molecular weight excluding hydrogens is 626 g/mol. The minimum Gasteiger partial charge on any atom is -0.483 e. The Labute approximate surface area is 270 Å². The van der Waals surface area contributed by atoms with Crippen LogP contribution in [-0.4, -0.2) is 89.5 Å². The molecule has 8 nitrogen and oxygen atoms in total. The maximum Gasteiger partial charge on any atom is 0.322 e. The first-order valence-electron chi connectivity index (χ1n) is 15.1. The van der Waals surface area contributed by atoms with E-state index in [0.717, 1.165) is 23.3 Å². The summed E-state index contributed by atoms with van der Waals surface area (Å²) < 4.78 is 60.1. The van der Waals surface area contributed by atoms with Gasteiger partial charge in [-0.1, -0.05) is 23.7 Å². The number of nitrogens with one attached hydrogen (secondary N) is 1. The van der Waals surface area contributed by atoms with E-state index < -0.39 is 29.2 Å². The van der Waals surface area contributed by atoms with Gasteiger partial charge in [-0.2, -0.15) is 0 Å². The maximum atomic E-state index is 14.0. The second kappa shape index (κ2) is 14.7. The van der Waals surface area contributed by atoms with Crippen LogP contribution in [0.1, 0.15) is 25.0 Å². The van der Waals surface area contributed by atoms with Gasteiger partial charge in [-0.3, -0.25) is 14.6 Å². The second-order valence-electron chi connectivity index (χ2n) is 11.8. The Morgan fingerprint density at radius 2 is 1.59 bits per heavy atom. The van der Waals surface area contributed by atoms with E-state index in [2.05, 4.69) is 22.0 Å². The fourth-order valence-corrected chi connectivity index (χ4v) is 5.99. The van der Waals surface area contributed by atoms with Gasteiger partial charge in [0.2, 0.25) is 0 Å². The first-order chi connectivity index (χ1) is 22.0. The summed E-state index contributed by atoms with van der Waals surface area (Å²) in [7, 11) is 0. The molecule has 2 fully saturated rings. The van der Waals surface area contributed by atoms with Gasteiger partial charge in [-0.15, -0.1) is 0 Å². The van der Waals surface area contributed by atoms with Gasteiger partial charge in [-0.25, -0.2) is 22.4 Å². The molecule has 0 radical (unpaired) electrons. The van der Waals surface area contributed by atoms with Gasteiger partial charge in [0.05, 0.1) is 5.69 Å². The van der Waals surface area contributed by atoms with Crippen molar-refractivity contribution in [2.24, 2.45) is 0 Å². The highest BCUT2D eigenvalue weighted by molar-refractivity contribution is 6.30. The van der Waals surface area contributed by atoms with Crippen molar-refractivity contribution in [3.63, 3.8) is 0 Å². The zero-order valence-electron chi connectivity index (χ0n) is 25.6. The lowest BCUT2D eigenvalue weighted by Gasteiger charge is -2.44. The van der Waals surface area contributed by atoms with Crippen molar-refractivity contribution in [2.45, 2.75) is 39.0 Å². The molecular formula is C33H36ClF4N5O3. The lowest BCUT2D eigenvalue weighted by atomic mass is 10.1. The quantitative estimate of drug-likeness (QED) is 0.246. The van der Waals surface area contributed by atoms with Crippen molar-refractivity contribution in [1.82, 2.24) is 19.6 Å². The number of hydrogen-bond donors (Lipinski definition) is 1. The van der Waals surface area contributed by atoms with Crippen LogP contribution in [0.2, 0.25) is 5.02 Å². The molecule has 5 rings (SSSR count). The fraction of sp³-hybridized carbons (Fsp3) is 0.394. The minimum atomic E-state index is -1.64.